The van der Waals surface area contributed by atoms with E-state index in [-0.39, 0.29) is 12.3 Å². The van der Waals surface area contributed by atoms with Crippen molar-refractivity contribution >= 4 is 27.3 Å². The first kappa shape index (κ1) is 20.7. The quantitative estimate of drug-likeness (QED) is 0.572. The Bertz CT molecular complexity index is 1090. The average Bonchev–Trinajstić information content (AvgIpc) is 3.50. The number of aromatic nitrogens is 3. The first-order valence-corrected chi connectivity index (χ1v) is 12.0. The van der Waals surface area contributed by atoms with E-state index in [1.54, 1.807) is 23.1 Å². The number of nitrogens with one attached hydrogen (secondary N) is 1. The molecule has 1 fully saturated rings. The zero-order chi connectivity index (χ0) is 21.0. The minimum atomic E-state index is -3.42. The maximum Gasteiger partial charge on any atom is 0.252 e. The van der Waals surface area contributed by atoms with E-state index in [2.05, 4.69) is 15.4 Å². The fraction of sp³-hybridized carbons (Fsp3) is 0.350. The summed E-state index contributed by atoms with van der Waals surface area (Å²) in [5, 5.41) is 6.98. The van der Waals surface area contributed by atoms with Gasteiger partial charge in [-0.1, -0.05) is 24.3 Å². The van der Waals surface area contributed by atoms with Gasteiger partial charge >= 0.3 is 0 Å². The van der Waals surface area contributed by atoms with Gasteiger partial charge in [0.25, 0.3) is 10.0 Å². The van der Waals surface area contributed by atoms with Crippen LogP contribution in [0.1, 0.15) is 28.8 Å². The third kappa shape index (κ3) is 4.94. The lowest BCUT2D eigenvalue weighted by Crippen LogP contribution is -2.27. The molecule has 1 saturated heterocycles. The van der Waals surface area contributed by atoms with Crippen molar-refractivity contribution in [2.75, 3.05) is 13.1 Å². The van der Waals surface area contributed by atoms with Crippen molar-refractivity contribution < 1.29 is 13.2 Å². The van der Waals surface area contributed by atoms with Crippen LogP contribution in [0.5, 0.6) is 0 Å². The van der Waals surface area contributed by atoms with Crippen molar-refractivity contribution in [3.63, 3.8) is 0 Å². The van der Waals surface area contributed by atoms with Crippen LogP contribution >= 0.6 is 11.3 Å². The number of rotatable bonds is 8. The topological polar surface area (TPSA) is 97.2 Å². The molecule has 0 radical (unpaired) electrons. The Morgan fingerprint density at radius 2 is 1.80 bits per heavy atom. The van der Waals surface area contributed by atoms with Gasteiger partial charge in [0.15, 0.2) is 0 Å². The summed E-state index contributed by atoms with van der Waals surface area (Å²) in [5.41, 5.74) is 2.09. The van der Waals surface area contributed by atoms with Crippen LogP contribution in [0.3, 0.4) is 0 Å². The van der Waals surface area contributed by atoms with E-state index in [1.165, 1.54) is 22.0 Å². The number of carbonyl (C=O) groups is 1. The first-order chi connectivity index (χ1) is 14.5. The second kappa shape index (κ2) is 9.07. The van der Waals surface area contributed by atoms with Crippen molar-refractivity contribution in [2.24, 2.45) is 0 Å². The van der Waals surface area contributed by atoms with Gasteiger partial charge in [-0.3, -0.25) is 4.79 Å². The minimum Gasteiger partial charge on any atom is -0.352 e. The molecule has 8 nitrogen and oxygen atoms in total. The fourth-order valence-electron chi connectivity index (χ4n) is 3.33. The van der Waals surface area contributed by atoms with E-state index in [0.717, 1.165) is 28.8 Å². The summed E-state index contributed by atoms with van der Waals surface area (Å²) in [6.45, 7) is 2.22. The smallest absolute Gasteiger partial charge is 0.252 e. The predicted molar refractivity (Wildman–Crippen MR) is 113 cm³/mol. The Labute approximate surface area is 179 Å². The molecule has 1 aliphatic rings. The highest BCUT2D eigenvalue weighted by Crippen LogP contribution is 2.27. The Kier molecular flexibility index (Phi) is 6.26. The van der Waals surface area contributed by atoms with Gasteiger partial charge in [-0.05, 0) is 36.1 Å². The summed E-state index contributed by atoms with van der Waals surface area (Å²) in [6.07, 6.45) is 5.15. The van der Waals surface area contributed by atoms with Crippen molar-refractivity contribution in [1.29, 1.82) is 0 Å². The predicted octanol–water partition coefficient (Wildman–Crippen LogP) is 2.03. The van der Waals surface area contributed by atoms with E-state index >= 15 is 0 Å². The molecule has 0 saturated carbocycles. The van der Waals surface area contributed by atoms with Gasteiger partial charge in [-0.15, -0.1) is 11.3 Å². The highest BCUT2D eigenvalue weighted by molar-refractivity contribution is 7.91. The standard InChI is InChI=1S/C20H23N5O3S2/c26-19(11-18-7-8-20(29-18)30(27,28)25-9-1-2-10-25)22-12-16-3-5-17(6-4-16)13-24-15-21-14-23-24/h3-8,14-15H,1-2,9-13H2,(H,22,26). The summed E-state index contributed by atoms with van der Waals surface area (Å²) in [5.74, 6) is -0.131. The summed E-state index contributed by atoms with van der Waals surface area (Å²) in [6, 6.07) is 11.3. The Morgan fingerprint density at radius 3 is 2.50 bits per heavy atom. The molecule has 1 aliphatic heterocycles. The van der Waals surface area contributed by atoms with Crippen molar-refractivity contribution in [1.82, 2.24) is 24.4 Å². The number of hydrogen-bond acceptors (Lipinski definition) is 6. The molecule has 3 aromatic rings. The second-order valence-corrected chi connectivity index (χ2v) is 10.5. The number of amides is 1. The molecule has 10 heteroatoms. The number of thiophene rings is 1. The van der Waals surface area contributed by atoms with Crippen LogP contribution in [0.4, 0.5) is 0 Å². The number of benzene rings is 1. The van der Waals surface area contributed by atoms with Gasteiger partial charge in [0.1, 0.15) is 16.9 Å². The molecule has 158 valence electrons. The SMILES string of the molecule is O=C(Cc1ccc(S(=O)(=O)N2CCCC2)s1)NCc1ccc(Cn2cncn2)cc1. The van der Waals surface area contributed by atoms with E-state index in [9.17, 15) is 13.2 Å². The molecule has 1 N–H and O–H groups in total. The third-order valence-corrected chi connectivity index (χ3v) is 8.41. The normalized spacial score (nSPS) is 14.8. The zero-order valence-corrected chi connectivity index (χ0v) is 18.0. The fourth-order valence-corrected chi connectivity index (χ4v) is 6.36. The lowest BCUT2D eigenvalue weighted by atomic mass is 10.1. The Balaban J connectivity index is 1.28. The molecule has 3 heterocycles. The highest BCUT2D eigenvalue weighted by atomic mass is 32.2. The molecule has 0 unspecified atom stereocenters. The second-order valence-electron chi connectivity index (χ2n) is 7.20. The highest BCUT2D eigenvalue weighted by Gasteiger charge is 2.28. The molecule has 30 heavy (non-hydrogen) atoms. The van der Waals surface area contributed by atoms with Gasteiger partial charge in [0.2, 0.25) is 5.91 Å². The third-order valence-electron chi connectivity index (χ3n) is 4.95. The summed E-state index contributed by atoms with van der Waals surface area (Å²) < 4.78 is 28.8. The first-order valence-electron chi connectivity index (χ1n) is 9.76. The molecule has 4 rings (SSSR count). The Morgan fingerprint density at radius 1 is 1.07 bits per heavy atom. The molecule has 2 aromatic heterocycles. The van der Waals surface area contributed by atoms with Crippen LogP contribution in [0.25, 0.3) is 0 Å². The maximum atomic E-state index is 12.6. The van der Waals surface area contributed by atoms with Gasteiger partial charge in [0.05, 0.1) is 13.0 Å². The molecule has 0 bridgehead atoms. The van der Waals surface area contributed by atoms with Crippen molar-refractivity contribution in [3.8, 4) is 0 Å². The van der Waals surface area contributed by atoms with E-state index in [0.29, 0.717) is 30.4 Å². The van der Waals surface area contributed by atoms with E-state index in [1.807, 2.05) is 24.3 Å². The van der Waals surface area contributed by atoms with Gasteiger partial charge in [0, 0.05) is 24.5 Å². The largest absolute Gasteiger partial charge is 0.352 e. The number of carbonyl (C=O) groups excluding carboxylic acids is 1. The molecular formula is C20H23N5O3S2. The van der Waals surface area contributed by atoms with Crippen LogP contribution in [0.15, 0.2) is 53.3 Å². The summed E-state index contributed by atoms with van der Waals surface area (Å²) in [4.78, 5) is 17.0. The van der Waals surface area contributed by atoms with Crippen LogP contribution < -0.4 is 5.32 Å². The average molecular weight is 446 g/mol. The Hall–Kier alpha value is -2.56. The monoisotopic (exact) mass is 445 g/mol. The van der Waals surface area contributed by atoms with Crippen molar-refractivity contribution in [3.05, 3.63) is 65.1 Å². The lowest BCUT2D eigenvalue weighted by Gasteiger charge is -2.13. The van der Waals surface area contributed by atoms with Gasteiger partial charge in [-0.2, -0.15) is 9.40 Å². The molecule has 1 amide bonds. The summed E-state index contributed by atoms with van der Waals surface area (Å²) >= 11 is 1.18. The molecule has 0 atom stereocenters. The summed E-state index contributed by atoms with van der Waals surface area (Å²) in [7, 11) is -3.42. The number of nitrogens with zero attached hydrogens (tertiary/aromatic N) is 4. The van der Waals surface area contributed by atoms with Crippen LogP contribution in [-0.4, -0.2) is 46.5 Å². The zero-order valence-electron chi connectivity index (χ0n) is 16.4. The van der Waals surface area contributed by atoms with Crippen LogP contribution in [0.2, 0.25) is 0 Å². The van der Waals surface area contributed by atoms with Gasteiger partial charge in [-0.25, -0.2) is 18.1 Å². The molecule has 0 aliphatic carbocycles. The molecule has 0 spiro atoms. The number of sulfonamides is 1. The maximum absolute atomic E-state index is 12.6. The van der Waals surface area contributed by atoms with E-state index in [4.69, 9.17) is 0 Å². The number of hydrogen-bond donors (Lipinski definition) is 1. The van der Waals surface area contributed by atoms with Crippen LogP contribution in [-0.2, 0) is 34.3 Å². The van der Waals surface area contributed by atoms with Gasteiger partial charge < -0.3 is 5.32 Å². The van der Waals surface area contributed by atoms with E-state index < -0.39 is 10.0 Å². The molecular weight excluding hydrogens is 422 g/mol. The minimum absolute atomic E-state index is 0.131. The molecule has 1 aromatic carbocycles. The lowest BCUT2D eigenvalue weighted by molar-refractivity contribution is -0.120. The van der Waals surface area contributed by atoms with Crippen molar-refractivity contribution in [2.45, 2.75) is 36.6 Å². The van der Waals surface area contributed by atoms with Crippen LogP contribution in [0, 0.1) is 0 Å².